The average molecular weight is 488 g/mol. The molecule has 0 aromatic heterocycles. The van der Waals surface area contributed by atoms with Crippen molar-refractivity contribution in [2.75, 3.05) is 0 Å². The second-order valence-corrected chi connectivity index (χ2v) is 0. The van der Waals surface area contributed by atoms with Gasteiger partial charge in [0.05, 0.1) is 0 Å². The Kier molecular flexibility index (Phi) is 95.1. The van der Waals surface area contributed by atoms with E-state index in [0.29, 0.717) is 0 Å². The Balaban J connectivity index is 0. The molecule has 0 saturated heterocycles. The van der Waals surface area contributed by atoms with Gasteiger partial charge < -0.3 is 0 Å². The third-order valence-corrected chi connectivity index (χ3v) is 0. The summed E-state index contributed by atoms with van der Waals surface area (Å²) >= 11 is 0. The molecule has 0 aliphatic carbocycles. The van der Waals surface area contributed by atoms with Gasteiger partial charge in [-0.3, -0.25) is 0 Å². The molecule has 0 N–H and O–H groups in total. The van der Waals surface area contributed by atoms with Crippen LogP contribution >= 0.6 is 0 Å². The first-order chi connectivity index (χ1) is 0. The van der Waals surface area contributed by atoms with Gasteiger partial charge in [-0.1, -0.05) is 0 Å². The van der Waals surface area contributed by atoms with Crippen LogP contribution in [0.1, 0.15) is 0 Å². The Hall–Kier alpha value is 4.14. The average Bonchev–Trinajstić information content (AvgIpc) is 0. The number of rotatable bonds is 0. The van der Waals surface area contributed by atoms with Gasteiger partial charge in [0.15, 0.2) is 0 Å². The Bertz CT molecular complexity index is 8.00. The van der Waals surface area contributed by atoms with Gasteiger partial charge in [0.2, 0.25) is 0 Å². The molecule has 0 aromatic carbocycles. The monoisotopic (exact) mass is 488 g/mol. The van der Waals surface area contributed by atoms with Gasteiger partial charge in [-0.25, -0.2) is 0 Å². The fourth-order valence-electron chi connectivity index (χ4n) is 0. The zero-order chi connectivity index (χ0) is 0. The summed E-state index contributed by atoms with van der Waals surface area (Å²) < 4.78 is 0. The maximum absolute atomic E-state index is 0. The second-order valence-electron chi connectivity index (χ2n) is 0. The van der Waals surface area contributed by atoms with Gasteiger partial charge in [0, 0.05) is 128 Å². The molecule has 18 valence electrons. The number of hydrogen-bond acceptors (Lipinski definition) is 0. The number of hydrogen-bond donors (Lipinski definition) is 0. The Labute approximate surface area is 124 Å². The van der Waals surface area contributed by atoms with E-state index >= 15 is 0 Å². The van der Waals surface area contributed by atoms with E-state index in [1.165, 1.54) is 0 Å². The summed E-state index contributed by atoms with van der Waals surface area (Å²) in [4.78, 5) is 0. The third kappa shape index (κ3) is 9.46. The van der Waals surface area contributed by atoms with E-state index < -0.39 is 0 Å². The molecule has 0 spiro atoms. The van der Waals surface area contributed by atoms with Crippen LogP contribution in [0.3, 0.4) is 0 Å². The molecular formula is IrRbSnZr. The minimum Gasteiger partial charge on any atom is 0 e. The largest absolute Gasteiger partial charge is 0 e. The fraction of sp³-hybridized carbons (Fsp3) is 0. The molecule has 0 bridgehead atoms. The maximum Gasteiger partial charge on any atom is 0 e. The molecule has 4 heteroatoms. The van der Waals surface area contributed by atoms with Crippen LogP contribution in [0.5, 0.6) is 0 Å². The summed E-state index contributed by atoms with van der Waals surface area (Å²) in [5, 5.41) is 0. The van der Waals surface area contributed by atoms with Crippen LogP contribution in [0.15, 0.2) is 0 Å². The van der Waals surface area contributed by atoms with E-state index in [1.807, 2.05) is 0 Å². The van der Waals surface area contributed by atoms with Crippen molar-refractivity contribution in [3.8, 4) is 0 Å². The fourth-order valence-corrected chi connectivity index (χ4v) is 0. The zero-order valence-corrected chi connectivity index (χ0v) is 15.0. The van der Waals surface area contributed by atoms with Gasteiger partial charge in [-0.2, -0.15) is 0 Å². The summed E-state index contributed by atoms with van der Waals surface area (Å²) in [6.45, 7) is 0. The van der Waals surface area contributed by atoms with Crippen LogP contribution in [0.4, 0.5) is 0 Å². The summed E-state index contributed by atoms with van der Waals surface area (Å²) in [6.07, 6.45) is 0. The van der Waals surface area contributed by atoms with E-state index in [0.717, 1.165) is 0 Å². The second kappa shape index (κ2) is 15.7. The quantitative estimate of drug-likeness (QED) is 0.394. The van der Waals surface area contributed by atoms with Crippen LogP contribution in [0.2, 0.25) is 0 Å². The van der Waals surface area contributed by atoms with E-state index in [-0.39, 0.29) is 128 Å². The first-order valence-electron chi connectivity index (χ1n) is 0. The smallest absolute Gasteiger partial charge is 0 e. The maximum atomic E-state index is 0. The molecule has 0 amide bonds. The van der Waals surface area contributed by atoms with Crippen molar-refractivity contribution < 1.29 is 46.3 Å². The summed E-state index contributed by atoms with van der Waals surface area (Å²) in [5.74, 6) is 0. The molecule has 0 aliphatic rings. The molecule has 0 aliphatic heterocycles. The van der Waals surface area contributed by atoms with Crippen LogP contribution in [-0.4, -0.2) is 82.1 Å². The molecular weight excluding hydrogens is 488 g/mol. The van der Waals surface area contributed by atoms with Gasteiger partial charge in [0.1, 0.15) is 0 Å². The molecule has 0 fully saturated rings. The molecule has 0 rings (SSSR count). The van der Waals surface area contributed by atoms with E-state index in [1.54, 1.807) is 0 Å². The van der Waals surface area contributed by atoms with Gasteiger partial charge in [-0.05, 0) is 0 Å². The predicted molar refractivity (Wildman–Crippen MR) is 11.5 cm³/mol. The van der Waals surface area contributed by atoms with Gasteiger partial charge in [0.25, 0.3) is 0 Å². The third-order valence-electron chi connectivity index (χ3n) is 0. The molecule has 0 heterocycles. The van der Waals surface area contributed by atoms with Crippen molar-refractivity contribution in [2.45, 2.75) is 0 Å². The van der Waals surface area contributed by atoms with Crippen LogP contribution < -0.4 is 0 Å². The zero-order valence-electron chi connectivity index (χ0n) is 2.33. The molecule has 4 heavy (non-hydrogen) atoms. The van der Waals surface area contributed by atoms with Crippen LogP contribution in [0.25, 0.3) is 0 Å². The van der Waals surface area contributed by atoms with Crippen LogP contribution in [-0.2, 0) is 46.3 Å². The first kappa shape index (κ1) is 24.2. The van der Waals surface area contributed by atoms with Crippen molar-refractivity contribution in [1.29, 1.82) is 0 Å². The van der Waals surface area contributed by atoms with Crippen LogP contribution in [0, 0.1) is 0 Å². The minimum absolute atomic E-state index is 0. The van der Waals surface area contributed by atoms with Crippen molar-refractivity contribution in [1.82, 2.24) is 0 Å². The Morgan fingerprint density at radius 3 is 1.00 bits per heavy atom. The Morgan fingerprint density at radius 1 is 1.00 bits per heavy atom. The molecule has 0 nitrogen and oxygen atoms in total. The first-order valence-corrected chi connectivity index (χ1v) is 0. The van der Waals surface area contributed by atoms with Crippen molar-refractivity contribution >= 4 is 82.1 Å². The molecule has 0 aromatic rings. The normalized spacial score (nSPS) is 0. The predicted octanol–water partition coefficient (Wildman–Crippen LogP) is -0.767. The van der Waals surface area contributed by atoms with Gasteiger partial charge >= 0.3 is 0 Å². The summed E-state index contributed by atoms with van der Waals surface area (Å²) in [5.41, 5.74) is 0. The topological polar surface area (TPSA) is 0 Å². The Morgan fingerprint density at radius 2 is 1.00 bits per heavy atom. The molecule has 0 unspecified atom stereocenters. The minimum atomic E-state index is 0. The van der Waals surface area contributed by atoms with E-state index in [9.17, 15) is 0 Å². The van der Waals surface area contributed by atoms with E-state index in [4.69, 9.17) is 0 Å². The summed E-state index contributed by atoms with van der Waals surface area (Å²) in [7, 11) is 0. The summed E-state index contributed by atoms with van der Waals surface area (Å²) in [6, 6.07) is 0. The SMILES string of the molecule is [Ir].[Rb].[Sn].[Zr]. The molecule has 0 atom stereocenters. The molecule has 6 radical (unpaired) electrons. The van der Waals surface area contributed by atoms with E-state index in [2.05, 4.69) is 0 Å². The van der Waals surface area contributed by atoms with Crippen molar-refractivity contribution in [2.24, 2.45) is 0 Å². The van der Waals surface area contributed by atoms with Gasteiger partial charge in [-0.15, -0.1) is 0 Å². The van der Waals surface area contributed by atoms with Crippen molar-refractivity contribution in [3.63, 3.8) is 0 Å². The van der Waals surface area contributed by atoms with Crippen molar-refractivity contribution in [3.05, 3.63) is 0 Å². The molecule has 0 saturated carbocycles. The standard InChI is InChI=1S/Ir.Rb.Sn.Zr.